The molecule has 9 heteroatoms. The molecule has 2 amide bonds. The van der Waals surface area contributed by atoms with E-state index in [0.717, 1.165) is 12.1 Å². The van der Waals surface area contributed by atoms with Gasteiger partial charge in [0.2, 0.25) is 5.91 Å². The molecule has 0 saturated carbocycles. The van der Waals surface area contributed by atoms with Gasteiger partial charge >= 0.3 is 0 Å². The highest BCUT2D eigenvalue weighted by Crippen LogP contribution is 2.27. The number of carbonyl (C=O) groups is 2. The molecule has 0 saturated heterocycles. The van der Waals surface area contributed by atoms with Gasteiger partial charge in [0.15, 0.2) is 0 Å². The molecule has 1 aliphatic heterocycles. The molecule has 0 bridgehead atoms. The molecule has 1 aromatic heterocycles. The van der Waals surface area contributed by atoms with Crippen molar-refractivity contribution in [2.75, 3.05) is 52.9 Å². The van der Waals surface area contributed by atoms with Crippen molar-refractivity contribution in [3.63, 3.8) is 0 Å². The Labute approximate surface area is 207 Å². The topological polar surface area (TPSA) is 93.2 Å². The van der Waals surface area contributed by atoms with Crippen molar-refractivity contribution in [3.05, 3.63) is 53.9 Å². The third kappa shape index (κ3) is 7.24. The zero-order chi connectivity index (χ0) is 25.4. The van der Waals surface area contributed by atoms with Crippen LogP contribution >= 0.6 is 0 Å². The number of nitrogens with zero attached hydrogens (tertiary/aromatic N) is 3. The molecular formula is C26H36N4O5. The van der Waals surface area contributed by atoms with Gasteiger partial charge in [0.1, 0.15) is 19.0 Å². The van der Waals surface area contributed by atoms with Gasteiger partial charge < -0.3 is 24.4 Å². The molecule has 0 unspecified atom stereocenters. The van der Waals surface area contributed by atoms with Crippen molar-refractivity contribution in [2.24, 2.45) is 5.92 Å². The van der Waals surface area contributed by atoms with Crippen LogP contribution in [0.15, 0.2) is 42.7 Å². The minimum absolute atomic E-state index is 0.0435. The largest absolute Gasteiger partial charge is 0.491 e. The molecule has 0 radical (unpaired) electrons. The summed E-state index contributed by atoms with van der Waals surface area (Å²) < 4.78 is 16.9. The third-order valence-corrected chi connectivity index (χ3v) is 6.24. The van der Waals surface area contributed by atoms with E-state index in [1.807, 2.05) is 12.3 Å². The van der Waals surface area contributed by atoms with Crippen LogP contribution in [0.25, 0.3) is 0 Å². The van der Waals surface area contributed by atoms with E-state index in [0.29, 0.717) is 36.7 Å². The molecule has 1 aliphatic rings. The number of likely N-dealkylation sites (N-methyl/N-ethyl adjacent to an activating group) is 1. The fraction of sp³-hybridized carbons (Fsp3) is 0.500. The van der Waals surface area contributed by atoms with Gasteiger partial charge in [-0.1, -0.05) is 13.0 Å². The summed E-state index contributed by atoms with van der Waals surface area (Å²) in [6.45, 7) is 6.48. The fourth-order valence-corrected chi connectivity index (χ4v) is 4.20. The van der Waals surface area contributed by atoms with Crippen LogP contribution in [0.3, 0.4) is 0 Å². The molecule has 2 heterocycles. The highest BCUT2D eigenvalue weighted by molar-refractivity contribution is 5.98. The standard InChI is InChI=1S/C26H36N4O5/c1-18-13-30(14-20-7-6-10-27-12-20)19(2)16-35-23-11-21(28-25(31)17-33-4)8-9-22(23)26(32)29(3)15-24(18)34-5/h6-12,18-19,24H,13-17H2,1-5H3,(H,28,31)/t18-,19-,24+/m1/s1. The normalized spacial score (nSPS) is 21.9. The number of amides is 2. The van der Waals surface area contributed by atoms with Crippen molar-refractivity contribution >= 4 is 17.5 Å². The molecule has 35 heavy (non-hydrogen) atoms. The zero-order valence-corrected chi connectivity index (χ0v) is 21.2. The van der Waals surface area contributed by atoms with E-state index in [9.17, 15) is 9.59 Å². The van der Waals surface area contributed by atoms with Crippen LogP contribution in [0.2, 0.25) is 0 Å². The first kappa shape index (κ1) is 26.6. The van der Waals surface area contributed by atoms with Crippen molar-refractivity contribution in [3.8, 4) is 5.75 Å². The first-order valence-electron chi connectivity index (χ1n) is 11.8. The minimum atomic E-state index is -0.281. The van der Waals surface area contributed by atoms with Gasteiger partial charge in [-0.15, -0.1) is 0 Å². The Morgan fingerprint density at radius 1 is 1.23 bits per heavy atom. The average Bonchev–Trinajstić information content (AvgIpc) is 2.85. The van der Waals surface area contributed by atoms with Crippen LogP contribution in [0.5, 0.6) is 5.75 Å². The lowest BCUT2D eigenvalue weighted by molar-refractivity contribution is -0.119. The molecule has 190 valence electrons. The first-order valence-corrected chi connectivity index (χ1v) is 11.8. The summed E-state index contributed by atoms with van der Waals surface area (Å²) in [5.41, 5.74) is 2.09. The lowest BCUT2D eigenvalue weighted by atomic mass is 10.0. The predicted octanol–water partition coefficient (Wildman–Crippen LogP) is 2.67. The Balaban J connectivity index is 1.92. The van der Waals surface area contributed by atoms with Crippen LogP contribution in [0.4, 0.5) is 5.69 Å². The van der Waals surface area contributed by atoms with E-state index in [-0.39, 0.29) is 36.5 Å². The van der Waals surface area contributed by atoms with Crippen LogP contribution in [0, 0.1) is 5.92 Å². The van der Waals surface area contributed by atoms with Gasteiger partial charge in [-0.3, -0.25) is 19.5 Å². The molecule has 3 atom stereocenters. The van der Waals surface area contributed by atoms with E-state index in [4.69, 9.17) is 14.2 Å². The van der Waals surface area contributed by atoms with Crippen molar-refractivity contribution in [1.29, 1.82) is 0 Å². The number of pyridine rings is 1. The summed E-state index contributed by atoms with van der Waals surface area (Å²) in [4.78, 5) is 33.6. The number of nitrogens with one attached hydrogen (secondary N) is 1. The van der Waals surface area contributed by atoms with Crippen LogP contribution in [-0.4, -0.2) is 86.3 Å². The number of ether oxygens (including phenoxy) is 3. The number of carbonyl (C=O) groups excluding carboxylic acids is 2. The number of fused-ring (bicyclic) bond motifs is 1. The number of hydrogen-bond donors (Lipinski definition) is 1. The fourth-order valence-electron chi connectivity index (χ4n) is 4.20. The summed E-state index contributed by atoms with van der Waals surface area (Å²) in [6.07, 6.45) is 3.51. The summed E-state index contributed by atoms with van der Waals surface area (Å²) in [5, 5.41) is 2.77. The molecule has 3 rings (SSSR count). The average molecular weight is 485 g/mol. The molecule has 9 nitrogen and oxygen atoms in total. The Morgan fingerprint density at radius 3 is 2.71 bits per heavy atom. The molecule has 0 spiro atoms. The summed E-state index contributed by atoms with van der Waals surface area (Å²) in [7, 11) is 4.91. The van der Waals surface area contributed by atoms with Gasteiger partial charge in [-0.25, -0.2) is 0 Å². The predicted molar refractivity (Wildman–Crippen MR) is 133 cm³/mol. The number of aromatic nitrogens is 1. The second-order valence-electron chi connectivity index (χ2n) is 9.08. The third-order valence-electron chi connectivity index (χ3n) is 6.24. The van der Waals surface area contributed by atoms with Gasteiger partial charge in [0.25, 0.3) is 5.91 Å². The van der Waals surface area contributed by atoms with Gasteiger partial charge in [-0.05, 0) is 36.6 Å². The lowest BCUT2D eigenvalue weighted by Crippen LogP contribution is -2.46. The lowest BCUT2D eigenvalue weighted by Gasteiger charge is -2.36. The Morgan fingerprint density at radius 2 is 2.03 bits per heavy atom. The van der Waals surface area contributed by atoms with Crippen molar-refractivity contribution < 1.29 is 23.8 Å². The second-order valence-corrected chi connectivity index (χ2v) is 9.08. The summed E-state index contributed by atoms with van der Waals surface area (Å²) in [6, 6.07) is 9.11. The van der Waals surface area contributed by atoms with Crippen LogP contribution in [0.1, 0.15) is 29.8 Å². The molecule has 1 N–H and O–H groups in total. The molecule has 0 aliphatic carbocycles. The van der Waals surface area contributed by atoms with Crippen LogP contribution in [-0.2, 0) is 20.8 Å². The van der Waals surface area contributed by atoms with E-state index < -0.39 is 0 Å². The second kappa shape index (κ2) is 12.6. The van der Waals surface area contributed by atoms with E-state index in [2.05, 4.69) is 35.1 Å². The molecule has 1 aromatic carbocycles. The SMILES string of the molecule is COCC(=O)Nc1ccc2c(c1)OC[C@@H](C)N(Cc1cccnc1)C[C@@H](C)[C@@H](OC)CN(C)C2=O. The van der Waals surface area contributed by atoms with Gasteiger partial charge in [0, 0.05) is 71.1 Å². The monoisotopic (exact) mass is 484 g/mol. The maximum atomic E-state index is 13.3. The summed E-state index contributed by atoms with van der Waals surface area (Å²) >= 11 is 0. The number of methoxy groups -OCH3 is 2. The maximum Gasteiger partial charge on any atom is 0.257 e. The van der Waals surface area contributed by atoms with E-state index in [1.54, 1.807) is 43.5 Å². The van der Waals surface area contributed by atoms with Crippen molar-refractivity contribution in [1.82, 2.24) is 14.8 Å². The number of anilines is 1. The smallest absolute Gasteiger partial charge is 0.257 e. The van der Waals surface area contributed by atoms with Gasteiger partial charge in [-0.2, -0.15) is 0 Å². The highest BCUT2D eigenvalue weighted by Gasteiger charge is 2.28. The zero-order valence-electron chi connectivity index (χ0n) is 21.2. The van der Waals surface area contributed by atoms with E-state index >= 15 is 0 Å². The van der Waals surface area contributed by atoms with Crippen molar-refractivity contribution in [2.45, 2.75) is 32.5 Å². The Kier molecular flexibility index (Phi) is 9.59. The Bertz CT molecular complexity index is 987. The number of benzene rings is 1. The maximum absolute atomic E-state index is 13.3. The Hall–Kier alpha value is -3.01. The summed E-state index contributed by atoms with van der Waals surface area (Å²) in [5.74, 6) is 0.154. The number of hydrogen-bond acceptors (Lipinski definition) is 7. The quantitative estimate of drug-likeness (QED) is 0.674. The number of rotatable bonds is 6. The highest BCUT2D eigenvalue weighted by atomic mass is 16.5. The minimum Gasteiger partial charge on any atom is -0.491 e. The van der Waals surface area contributed by atoms with Gasteiger partial charge in [0.05, 0.1) is 11.7 Å². The first-order chi connectivity index (χ1) is 16.8. The van der Waals surface area contributed by atoms with E-state index in [1.165, 1.54) is 7.11 Å². The molecule has 2 aromatic rings. The molecular weight excluding hydrogens is 448 g/mol. The van der Waals surface area contributed by atoms with Crippen LogP contribution < -0.4 is 10.1 Å². The molecule has 0 fully saturated rings.